The van der Waals surface area contributed by atoms with E-state index < -0.39 is 0 Å². The fourth-order valence-corrected chi connectivity index (χ4v) is 3.52. The smallest absolute Gasteiger partial charge is 0.225 e. The molecule has 2 atom stereocenters. The van der Waals surface area contributed by atoms with Crippen molar-refractivity contribution in [3.05, 3.63) is 11.1 Å². The Balaban J connectivity index is 1.88. The zero-order chi connectivity index (χ0) is 14.5. The lowest BCUT2D eigenvalue weighted by molar-refractivity contribution is -0.116. The first kappa shape index (κ1) is 15.4. The molecule has 0 saturated heterocycles. The van der Waals surface area contributed by atoms with Gasteiger partial charge in [0, 0.05) is 31.4 Å². The Labute approximate surface area is 124 Å². The molecule has 5 nitrogen and oxygen atoms in total. The number of hydrogen-bond acceptors (Lipinski definition) is 5. The third kappa shape index (κ3) is 4.01. The minimum absolute atomic E-state index is 0.0248. The predicted octanol–water partition coefficient (Wildman–Crippen LogP) is 1.91. The van der Waals surface area contributed by atoms with Crippen LogP contribution in [-0.2, 0) is 11.3 Å². The molecule has 0 aliphatic heterocycles. The number of thiazole rings is 1. The average molecular weight is 297 g/mol. The molecule has 112 valence electrons. The number of hydrogen-bond donors (Lipinski definition) is 2. The maximum Gasteiger partial charge on any atom is 0.225 e. The summed E-state index contributed by atoms with van der Waals surface area (Å²) in [6.45, 7) is 4.85. The summed E-state index contributed by atoms with van der Waals surface area (Å²) in [4.78, 5) is 17.7. The molecule has 1 aliphatic carbocycles. The van der Waals surface area contributed by atoms with E-state index >= 15 is 0 Å². The lowest BCUT2D eigenvalue weighted by Crippen LogP contribution is -2.35. The SMILES string of the molecule is CCN(C(C)=O)c1nc(CNC2CCCC(O)C2)cs1. The Morgan fingerprint density at radius 3 is 3.05 bits per heavy atom. The maximum atomic E-state index is 11.5. The minimum Gasteiger partial charge on any atom is -0.393 e. The van der Waals surface area contributed by atoms with Gasteiger partial charge < -0.3 is 10.4 Å². The Morgan fingerprint density at radius 1 is 1.60 bits per heavy atom. The maximum absolute atomic E-state index is 11.5. The largest absolute Gasteiger partial charge is 0.393 e. The molecule has 1 fully saturated rings. The Hall–Kier alpha value is -0.980. The van der Waals surface area contributed by atoms with Crippen LogP contribution < -0.4 is 10.2 Å². The zero-order valence-electron chi connectivity index (χ0n) is 12.1. The van der Waals surface area contributed by atoms with Gasteiger partial charge in [0.1, 0.15) is 0 Å². The fourth-order valence-electron chi connectivity index (χ4n) is 2.59. The molecule has 2 N–H and O–H groups in total. The molecule has 1 aromatic rings. The molecule has 1 saturated carbocycles. The Morgan fingerprint density at radius 2 is 2.40 bits per heavy atom. The van der Waals surface area contributed by atoms with Crippen molar-refractivity contribution in [2.24, 2.45) is 0 Å². The minimum atomic E-state index is -0.166. The quantitative estimate of drug-likeness (QED) is 0.871. The summed E-state index contributed by atoms with van der Waals surface area (Å²) in [7, 11) is 0. The number of aliphatic hydroxyl groups excluding tert-OH is 1. The van der Waals surface area contributed by atoms with Crippen molar-refractivity contribution in [2.75, 3.05) is 11.4 Å². The summed E-state index contributed by atoms with van der Waals surface area (Å²) in [5.74, 6) is 0.0248. The van der Waals surface area contributed by atoms with Gasteiger partial charge in [-0.2, -0.15) is 0 Å². The summed E-state index contributed by atoms with van der Waals surface area (Å²) in [5, 5.41) is 15.9. The van der Waals surface area contributed by atoms with Crippen molar-refractivity contribution < 1.29 is 9.90 Å². The molecule has 1 heterocycles. The Bertz CT molecular complexity index is 449. The molecule has 2 unspecified atom stereocenters. The highest BCUT2D eigenvalue weighted by Gasteiger charge is 2.20. The number of anilines is 1. The van der Waals surface area contributed by atoms with Crippen molar-refractivity contribution in [3.8, 4) is 0 Å². The van der Waals surface area contributed by atoms with Gasteiger partial charge in [-0.05, 0) is 32.6 Å². The van der Waals surface area contributed by atoms with Gasteiger partial charge in [-0.25, -0.2) is 4.98 Å². The van der Waals surface area contributed by atoms with Crippen molar-refractivity contribution in [1.82, 2.24) is 10.3 Å². The van der Waals surface area contributed by atoms with Crippen LogP contribution in [0.25, 0.3) is 0 Å². The predicted molar refractivity (Wildman–Crippen MR) is 80.9 cm³/mol. The summed E-state index contributed by atoms with van der Waals surface area (Å²) >= 11 is 1.50. The number of nitrogens with zero attached hydrogens (tertiary/aromatic N) is 2. The molecular formula is C14H23N3O2S. The highest BCUT2D eigenvalue weighted by atomic mass is 32.1. The van der Waals surface area contributed by atoms with Crippen LogP contribution in [0.2, 0.25) is 0 Å². The number of aliphatic hydroxyl groups is 1. The second-order valence-corrected chi connectivity index (χ2v) is 6.12. The van der Waals surface area contributed by atoms with Crippen molar-refractivity contribution in [3.63, 3.8) is 0 Å². The van der Waals surface area contributed by atoms with Gasteiger partial charge >= 0.3 is 0 Å². The highest BCUT2D eigenvalue weighted by molar-refractivity contribution is 7.14. The topological polar surface area (TPSA) is 65.5 Å². The molecule has 1 aromatic heterocycles. The van der Waals surface area contributed by atoms with Crippen LogP contribution in [0.1, 0.15) is 45.2 Å². The number of rotatable bonds is 5. The van der Waals surface area contributed by atoms with Gasteiger partial charge in [-0.15, -0.1) is 11.3 Å². The van der Waals surface area contributed by atoms with E-state index in [-0.39, 0.29) is 12.0 Å². The normalized spacial score (nSPS) is 22.8. The lowest BCUT2D eigenvalue weighted by Gasteiger charge is -2.26. The standard InChI is InChI=1S/C14H23N3O2S/c1-3-17(10(2)18)14-16-12(9-20-14)8-15-11-5-4-6-13(19)7-11/h9,11,13,15,19H,3-8H2,1-2H3. The molecule has 0 radical (unpaired) electrons. The van der Waals surface area contributed by atoms with Gasteiger partial charge in [0.2, 0.25) is 5.91 Å². The average Bonchev–Trinajstić information content (AvgIpc) is 2.85. The van der Waals surface area contributed by atoms with Crippen molar-refractivity contribution in [1.29, 1.82) is 0 Å². The summed E-state index contributed by atoms with van der Waals surface area (Å²) < 4.78 is 0. The van der Waals surface area contributed by atoms with E-state index in [0.29, 0.717) is 19.1 Å². The van der Waals surface area contributed by atoms with Crippen LogP contribution in [0.4, 0.5) is 5.13 Å². The number of nitrogens with one attached hydrogen (secondary N) is 1. The third-order valence-corrected chi connectivity index (χ3v) is 4.60. The number of amides is 1. The van der Waals surface area contributed by atoms with Gasteiger partial charge in [0.25, 0.3) is 0 Å². The van der Waals surface area contributed by atoms with E-state index in [0.717, 1.165) is 36.5 Å². The fraction of sp³-hybridized carbons (Fsp3) is 0.714. The van der Waals surface area contributed by atoms with E-state index in [4.69, 9.17) is 0 Å². The van der Waals surface area contributed by atoms with Crippen LogP contribution in [0.15, 0.2) is 5.38 Å². The monoisotopic (exact) mass is 297 g/mol. The van der Waals surface area contributed by atoms with Gasteiger partial charge in [-0.3, -0.25) is 9.69 Å². The van der Waals surface area contributed by atoms with E-state index in [1.165, 1.54) is 11.3 Å². The second-order valence-electron chi connectivity index (χ2n) is 5.28. The summed E-state index contributed by atoms with van der Waals surface area (Å²) in [5.41, 5.74) is 0.963. The summed E-state index contributed by atoms with van der Waals surface area (Å²) in [6.07, 6.45) is 3.77. The van der Waals surface area contributed by atoms with Crippen LogP contribution in [-0.4, -0.2) is 34.7 Å². The number of carbonyl (C=O) groups is 1. The van der Waals surface area contributed by atoms with Crippen LogP contribution in [0.3, 0.4) is 0 Å². The van der Waals surface area contributed by atoms with Gasteiger partial charge in [-0.1, -0.05) is 0 Å². The first-order chi connectivity index (χ1) is 9.60. The van der Waals surface area contributed by atoms with E-state index in [2.05, 4.69) is 10.3 Å². The molecule has 6 heteroatoms. The van der Waals surface area contributed by atoms with E-state index in [1.54, 1.807) is 11.8 Å². The van der Waals surface area contributed by atoms with Crippen LogP contribution >= 0.6 is 11.3 Å². The molecular weight excluding hydrogens is 274 g/mol. The van der Waals surface area contributed by atoms with Gasteiger partial charge in [0.15, 0.2) is 5.13 Å². The first-order valence-electron chi connectivity index (χ1n) is 7.24. The number of aromatic nitrogens is 1. The summed E-state index contributed by atoms with van der Waals surface area (Å²) in [6, 6.07) is 0.374. The second kappa shape index (κ2) is 7.15. The van der Waals surface area contributed by atoms with E-state index in [1.807, 2.05) is 12.3 Å². The first-order valence-corrected chi connectivity index (χ1v) is 8.12. The molecule has 2 rings (SSSR count). The molecule has 0 bridgehead atoms. The van der Waals surface area contributed by atoms with Crippen molar-refractivity contribution >= 4 is 22.4 Å². The Kier molecular flexibility index (Phi) is 5.51. The molecule has 1 aliphatic rings. The highest BCUT2D eigenvalue weighted by Crippen LogP contribution is 2.22. The van der Waals surface area contributed by atoms with Crippen molar-refractivity contribution in [2.45, 2.75) is 58.2 Å². The van der Waals surface area contributed by atoms with E-state index in [9.17, 15) is 9.90 Å². The molecule has 1 amide bonds. The van der Waals surface area contributed by atoms with Gasteiger partial charge in [0.05, 0.1) is 11.8 Å². The van der Waals surface area contributed by atoms with Crippen LogP contribution in [0, 0.1) is 0 Å². The molecule has 0 spiro atoms. The molecule has 0 aromatic carbocycles. The zero-order valence-corrected chi connectivity index (χ0v) is 12.9. The molecule has 20 heavy (non-hydrogen) atoms. The lowest BCUT2D eigenvalue weighted by atomic mass is 9.93. The number of carbonyl (C=O) groups excluding carboxylic acids is 1. The third-order valence-electron chi connectivity index (χ3n) is 3.69. The van der Waals surface area contributed by atoms with Crippen LogP contribution in [0.5, 0.6) is 0 Å².